The second-order valence-electron chi connectivity index (χ2n) is 5.02. The number of carbonyl (C=O) groups excluding carboxylic acids is 2. The Morgan fingerprint density at radius 3 is 2.67 bits per heavy atom. The standard InChI is InChI=1S/C18H13ClN2O3/c1-24-18(23)14-10-11(6-7-15(14)19)21-17(22)13-8-9-20-16-5-3-2-4-12(13)16/h2-10H,1H3,(H,21,22). The number of pyridine rings is 1. The van der Waals surface area contributed by atoms with Crippen molar-refractivity contribution >= 4 is 40.1 Å². The molecular formula is C18H13ClN2O3. The topological polar surface area (TPSA) is 68.3 Å². The van der Waals surface area contributed by atoms with Crippen LogP contribution in [-0.2, 0) is 4.74 Å². The second kappa shape index (κ2) is 6.68. The fraction of sp³-hybridized carbons (Fsp3) is 0.0556. The molecule has 1 aromatic heterocycles. The Morgan fingerprint density at radius 2 is 1.88 bits per heavy atom. The fourth-order valence-corrected chi connectivity index (χ4v) is 2.56. The van der Waals surface area contributed by atoms with Crippen molar-refractivity contribution < 1.29 is 14.3 Å². The molecule has 24 heavy (non-hydrogen) atoms. The highest BCUT2D eigenvalue weighted by Gasteiger charge is 2.14. The summed E-state index contributed by atoms with van der Waals surface area (Å²) in [6.07, 6.45) is 1.58. The summed E-state index contributed by atoms with van der Waals surface area (Å²) in [6, 6.07) is 13.7. The first-order valence-electron chi connectivity index (χ1n) is 7.13. The molecule has 0 aliphatic carbocycles. The SMILES string of the molecule is COC(=O)c1cc(NC(=O)c2ccnc3ccccc23)ccc1Cl. The number of anilines is 1. The van der Waals surface area contributed by atoms with Crippen molar-refractivity contribution in [3.8, 4) is 0 Å². The third kappa shape index (κ3) is 3.07. The summed E-state index contributed by atoms with van der Waals surface area (Å²) in [5.74, 6) is -0.864. The number of amides is 1. The molecule has 120 valence electrons. The molecule has 3 aromatic rings. The van der Waals surface area contributed by atoms with E-state index in [-0.39, 0.29) is 16.5 Å². The second-order valence-corrected chi connectivity index (χ2v) is 5.42. The number of esters is 1. The number of para-hydroxylation sites is 1. The Bertz CT molecular complexity index is 935. The Hall–Kier alpha value is -2.92. The van der Waals surface area contributed by atoms with E-state index in [4.69, 9.17) is 11.6 Å². The molecule has 0 radical (unpaired) electrons. The quantitative estimate of drug-likeness (QED) is 0.733. The smallest absolute Gasteiger partial charge is 0.339 e. The number of ether oxygens (including phenoxy) is 1. The lowest BCUT2D eigenvalue weighted by Crippen LogP contribution is -2.13. The Balaban J connectivity index is 1.93. The summed E-state index contributed by atoms with van der Waals surface area (Å²) >= 11 is 5.98. The number of carbonyl (C=O) groups is 2. The zero-order valence-corrected chi connectivity index (χ0v) is 13.5. The number of aromatic nitrogens is 1. The maximum absolute atomic E-state index is 12.6. The van der Waals surface area contributed by atoms with Crippen molar-refractivity contribution in [2.45, 2.75) is 0 Å². The van der Waals surface area contributed by atoms with Crippen molar-refractivity contribution in [3.63, 3.8) is 0 Å². The maximum Gasteiger partial charge on any atom is 0.339 e. The number of nitrogens with one attached hydrogen (secondary N) is 1. The summed E-state index contributed by atoms with van der Waals surface area (Å²) in [4.78, 5) is 28.5. The van der Waals surface area contributed by atoms with E-state index in [2.05, 4.69) is 15.0 Å². The van der Waals surface area contributed by atoms with Crippen LogP contribution in [0.3, 0.4) is 0 Å². The van der Waals surface area contributed by atoms with Crippen LogP contribution in [0.25, 0.3) is 10.9 Å². The van der Waals surface area contributed by atoms with Crippen molar-refractivity contribution in [2.75, 3.05) is 12.4 Å². The van der Waals surface area contributed by atoms with Crippen molar-refractivity contribution in [2.24, 2.45) is 0 Å². The summed E-state index contributed by atoms with van der Waals surface area (Å²) in [5, 5.41) is 3.77. The number of fused-ring (bicyclic) bond motifs is 1. The van der Waals surface area contributed by atoms with Crippen LogP contribution in [0, 0.1) is 0 Å². The molecule has 2 aromatic carbocycles. The fourth-order valence-electron chi connectivity index (χ4n) is 2.36. The number of nitrogens with zero attached hydrogens (tertiary/aromatic N) is 1. The van der Waals surface area contributed by atoms with Crippen LogP contribution in [0.2, 0.25) is 5.02 Å². The minimum atomic E-state index is -0.564. The van der Waals surface area contributed by atoms with Gasteiger partial charge in [-0.3, -0.25) is 9.78 Å². The molecule has 0 fully saturated rings. The van der Waals surface area contributed by atoms with Crippen LogP contribution < -0.4 is 5.32 Å². The van der Waals surface area contributed by atoms with Crippen molar-refractivity contribution in [1.29, 1.82) is 0 Å². The van der Waals surface area contributed by atoms with Gasteiger partial charge in [0.2, 0.25) is 0 Å². The summed E-state index contributed by atoms with van der Waals surface area (Å²) in [6.45, 7) is 0. The lowest BCUT2D eigenvalue weighted by atomic mass is 10.1. The lowest BCUT2D eigenvalue weighted by molar-refractivity contribution is 0.0600. The zero-order chi connectivity index (χ0) is 17.1. The van der Waals surface area contributed by atoms with Gasteiger partial charge >= 0.3 is 5.97 Å². The van der Waals surface area contributed by atoms with Gasteiger partial charge < -0.3 is 10.1 Å². The average molecular weight is 341 g/mol. The molecule has 0 atom stereocenters. The molecule has 1 amide bonds. The van der Waals surface area contributed by atoms with E-state index in [1.54, 1.807) is 18.3 Å². The van der Waals surface area contributed by atoms with Crippen LogP contribution in [0.5, 0.6) is 0 Å². The monoisotopic (exact) mass is 340 g/mol. The minimum absolute atomic E-state index is 0.191. The van der Waals surface area contributed by atoms with Gasteiger partial charge in [0.15, 0.2) is 0 Å². The van der Waals surface area contributed by atoms with Gasteiger partial charge in [-0.15, -0.1) is 0 Å². The number of methoxy groups -OCH3 is 1. The molecule has 0 aliphatic heterocycles. The van der Waals surface area contributed by atoms with Crippen LogP contribution in [0.15, 0.2) is 54.7 Å². The molecule has 3 rings (SSSR count). The first-order valence-corrected chi connectivity index (χ1v) is 7.51. The molecular weight excluding hydrogens is 328 g/mol. The zero-order valence-electron chi connectivity index (χ0n) is 12.7. The first kappa shape index (κ1) is 16.0. The van der Waals surface area contributed by atoms with Crippen molar-refractivity contribution in [1.82, 2.24) is 4.98 Å². The van der Waals surface area contributed by atoms with Gasteiger partial charge in [0, 0.05) is 17.3 Å². The number of hydrogen-bond acceptors (Lipinski definition) is 4. The molecule has 0 spiro atoms. The molecule has 0 bridgehead atoms. The van der Waals surface area contributed by atoms with Crippen LogP contribution in [0.4, 0.5) is 5.69 Å². The van der Waals surface area contributed by atoms with E-state index in [0.717, 1.165) is 10.9 Å². The summed E-state index contributed by atoms with van der Waals surface area (Å²) < 4.78 is 4.68. The van der Waals surface area contributed by atoms with E-state index >= 15 is 0 Å². The van der Waals surface area contributed by atoms with Gasteiger partial charge in [0.25, 0.3) is 5.91 Å². The Labute approximate surface area is 143 Å². The lowest BCUT2D eigenvalue weighted by Gasteiger charge is -2.09. The molecule has 0 aliphatic rings. The van der Waals surface area contributed by atoms with Gasteiger partial charge in [0.05, 0.1) is 28.8 Å². The van der Waals surface area contributed by atoms with E-state index in [1.165, 1.54) is 19.2 Å². The van der Waals surface area contributed by atoms with E-state index in [1.807, 2.05) is 24.3 Å². The average Bonchev–Trinajstić information content (AvgIpc) is 2.62. The molecule has 1 N–H and O–H groups in total. The largest absolute Gasteiger partial charge is 0.465 e. The third-order valence-corrected chi connectivity index (χ3v) is 3.85. The molecule has 5 nitrogen and oxygen atoms in total. The number of rotatable bonds is 3. The molecule has 6 heteroatoms. The third-order valence-electron chi connectivity index (χ3n) is 3.52. The van der Waals surface area contributed by atoms with Gasteiger partial charge in [-0.05, 0) is 30.3 Å². The van der Waals surface area contributed by atoms with E-state index < -0.39 is 5.97 Å². The summed E-state index contributed by atoms with van der Waals surface area (Å²) in [5.41, 5.74) is 1.87. The predicted octanol–water partition coefficient (Wildman–Crippen LogP) is 3.93. The van der Waals surface area contributed by atoms with Crippen LogP contribution >= 0.6 is 11.6 Å². The van der Waals surface area contributed by atoms with E-state index in [9.17, 15) is 9.59 Å². The highest BCUT2D eigenvalue weighted by molar-refractivity contribution is 6.33. The predicted molar refractivity (Wildman–Crippen MR) is 92.5 cm³/mol. The molecule has 0 saturated heterocycles. The maximum atomic E-state index is 12.6. The van der Waals surface area contributed by atoms with E-state index in [0.29, 0.717) is 11.3 Å². The molecule has 1 heterocycles. The van der Waals surface area contributed by atoms with Gasteiger partial charge in [-0.25, -0.2) is 4.79 Å². The van der Waals surface area contributed by atoms with Gasteiger partial charge in [-0.1, -0.05) is 29.8 Å². The van der Waals surface area contributed by atoms with Crippen molar-refractivity contribution in [3.05, 3.63) is 70.9 Å². The Kier molecular flexibility index (Phi) is 4.44. The van der Waals surface area contributed by atoms with Gasteiger partial charge in [-0.2, -0.15) is 0 Å². The normalized spacial score (nSPS) is 10.4. The highest BCUT2D eigenvalue weighted by atomic mass is 35.5. The Morgan fingerprint density at radius 1 is 1.08 bits per heavy atom. The highest BCUT2D eigenvalue weighted by Crippen LogP contribution is 2.23. The number of halogens is 1. The molecule has 0 saturated carbocycles. The van der Waals surface area contributed by atoms with Gasteiger partial charge in [0.1, 0.15) is 0 Å². The first-order chi connectivity index (χ1) is 11.6. The summed E-state index contributed by atoms with van der Waals surface area (Å²) in [7, 11) is 1.27. The molecule has 0 unspecified atom stereocenters. The minimum Gasteiger partial charge on any atom is -0.465 e. The number of benzene rings is 2. The van der Waals surface area contributed by atoms with Crippen LogP contribution in [0.1, 0.15) is 20.7 Å². The number of hydrogen-bond donors (Lipinski definition) is 1. The van der Waals surface area contributed by atoms with Crippen LogP contribution in [-0.4, -0.2) is 24.0 Å².